The van der Waals surface area contributed by atoms with Crippen molar-refractivity contribution in [2.75, 3.05) is 6.61 Å². The van der Waals surface area contributed by atoms with E-state index in [1.807, 2.05) is 6.07 Å². The molecule has 0 spiro atoms. The van der Waals surface area contributed by atoms with E-state index in [1.54, 1.807) is 12.1 Å². The number of benzene rings is 1. The Morgan fingerprint density at radius 1 is 1.47 bits per heavy atom. The van der Waals surface area contributed by atoms with Crippen molar-refractivity contribution in [2.45, 2.75) is 26.9 Å². The average molecular weight is 255 g/mol. The molecule has 94 valence electrons. The molecular formula is C13H19ClN2O. The fourth-order valence-corrected chi connectivity index (χ4v) is 1.57. The fraction of sp³-hybridized carbons (Fsp3) is 0.462. The van der Waals surface area contributed by atoms with Crippen LogP contribution < -0.4 is 5.73 Å². The second-order valence-electron chi connectivity index (χ2n) is 4.45. The third-order valence-corrected chi connectivity index (χ3v) is 2.81. The van der Waals surface area contributed by atoms with E-state index in [2.05, 4.69) is 13.8 Å². The Hall–Kier alpha value is -1.06. The van der Waals surface area contributed by atoms with Crippen LogP contribution in [0.3, 0.4) is 0 Å². The molecule has 3 N–H and O–H groups in total. The molecule has 0 heterocycles. The molecule has 0 fully saturated rings. The molecule has 1 aromatic carbocycles. The third kappa shape index (κ3) is 4.75. The lowest BCUT2D eigenvalue weighted by atomic mass is 10.1. The third-order valence-electron chi connectivity index (χ3n) is 2.46. The van der Waals surface area contributed by atoms with E-state index in [-0.39, 0.29) is 5.84 Å². The Morgan fingerprint density at radius 3 is 2.71 bits per heavy atom. The lowest BCUT2D eigenvalue weighted by molar-refractivity contribution is 0.111. The summed E-state index contributed by atoms with van der Waals surface area (Å²) in [6.07, 6.45) is 1.04. The Balaban J connectivity index is 2.52. The first-order chi connectivity index (χ1) is 8.00. The van der Waals surface area contributed by atoms with Crippen LogP contribution in [0.1, 0.15) is 31.4 Å². The number of rotatable bonds is 6. The molecule has 0 bridgehead atoms. The number of amidine groups is 1. The molecule has 0 amide bonds. The van der Waals surface area contributed by atoms with Gasteiger partial charge in [-0.1, -0.05) is 37.6 Å². The predicted molar refractivity (Wildman–Crippen MR) is 71.6 cm³/mol. The van der Waals surface area contributed by atoms with E-state index in [1.165, 1.54) is 0 Å². The first-order valence-corrected chi connectivity index (χ1v) is 6.09. The maximum absolute atomic E-state index is 7.31. The van der Waals surface area contributed by atoms with Crippen LogP contribution in [0.4, 0.5) is 0 Å². The Morgan fingerprint density at radius 2 is 2.18 bits per heavy atom. The molecular weight excluding hydrogens is 236 g/mol. The molecule has 0 radical (unpaired) electrons. The molecule has 1 rings (SSSR count). The zero-order valence-electron chi connectivity index (χ0n) is 10.3. The monoisotopic (exact) mass is 254 g/mol. The van der Waals surface area contributed by atoms with Crippen molar-refractivity contribution >= 4 is 17.4 Å². The minimum Gasteiger partial charge on any atom is -0.384 e. The zero-order chi connectivity index (χ0) is 12.8. The maximum Gasteiger partial charge on any atom is 0.122 e. The van der Waals surface area contributed by atoms with Gasteiger partial charge in [0, 0.05) is 17.2 Å². The Kier molecular flexibility index (Phi) is 5.45. The highest BCUT2D eigenvalue weighted by Crippen LogP contribution is 2.18. The SMILES string of the molecule is CC(C)CCOCc1ccc(C(=N)N)cc1Cl. The second-order valence-corrected chi connectivity index (χ2v) is 4.86. The normalized spacial score (nSPS) is 10.8. The topological polar surface area (TPSA) is 59.1 Å². The van der Waals surface area contributed by atoms with Crippen molar-refractivity contribution in [3.8, 4) is 0 Å². The maximum atomic E-state index is 7.31. The minimum atomic E-state index is 0.0270. The molecule has 0 aliphatic heterocycles. The largest absolute Gasteiger partial charge is 0.384 e. The van der Waals surface area contributed by atoms with E-state index >= 15 is 0 Å². The average Bonchev–Trinajstić information content (AvgIpc) is 2.25. The molecule has 3 nitrogen and oxygen atoms in total. The molecule has 0 aliphatic carbocycles. The number of hydrogen-bond donors (Lipinski definition) is 2. The van der Waals surface area contributed by atoms with Crippen LogP contribution >= 0.6 is 11.6 Å². The van der Waals surface area contributed by atoms with E-state index in [0.29, 0.717) is 23.1 Å². The van der Waals surface area contributed by atoms with Gasteiger partial charge in [-0.3, -0.25) is 5.41 Å². The zero-order valence-corrected chi connectivity index (χ0v) is 11.1. The van der Waals surface area contributed by atoms with Gasteiger partial charge in [-0.25, -0.2) is 0 Å². The Bertz CT molecular complexity index is 391. The van der Waals surface area contributed by atoms with Crippen LogP contribution in [0.2, 0.25) is 5.02 Å². The first kappa shape index (κ1) is 14.0. The molecule has 0 saturated carbocycles. The molecule has 1 aromatic rings. The molecule has 4 heteroatoms. The van der Waals surface area contributed by atoms with Crippen LogP contribution in [0.25, 0.3) is 0 Å². The lowest BCUT2D eigenvalue weighted by Crippen LogP contribution is -2.11. The van der Waals surface area contributed by atoms with E-state index in [4.69, 9.17) is 27.5 Å². The molecule has 0 unspecified atom stereocenters. The lowest BCUT2D eigenvalue weighted by Gasteiger charge is -2.09. The van der Waals surface area contributed by atoms with Gasteiger partial charge >= 0.3 is 0 Å². The van der Waals surface area contributed by atoms with Gasteiger partial charge in [-0.2, -0.15) is 0 Å². The number of nitrogen functional groups attached to an aromatic ring is 1. The highest BCUT2D eigenvalue weighted by atomic mass is 35.5. The van der Waals surface area contributed by atoms with Crippen molar-refractivity contribution in [3.05, 3.63) is 34.3 Å². The van der Waals surface area contributed by atoms with Crippen molar-refractivity contribution in [2.24, 2.45) is 11.7 Å². The summed E-state index contributed by atoms with van der Waals surface area (Å²) >= 11 is 6.08. The van der Waals surface area contributed by atoms with Gasteiger partial charge in [-0.05, 0) is 24.0 Å². The smallest absolute Gasteiger partial charge is 0.122 e. The summed E-state index contributed by atoms with van der Waals surface area (Å²) in [5.41, 5.74) is 6.95. The molecule has 0 aromatic heterocycles. The number of nitrogens with two attached hydrogens (primary N) is 1. The standard InChI is InChI=1S/C13H19ClN2O/c1-9(2)5-6-17-8-11-4-3-10(13(15)16)7-12(11)14/h3-4,7,9H,5-6,8H2,1-2H3,(H3,15,16). The number of nitrogens with one attached hydrogen (secondary N) is 1. The quantitative estimate of drug-likeness (QED) is 0.465. The fourth-order valence-electron chi connectivity index (χ4n) is 1.33. The summed E-state index contributed by atoms with van der Waals surface area (Å²) in [7, 11) is 0. The molecule has 17 heavy (non-hydrogen) atoms. The van der Waals surface area contributed by atoms with Gasteiger partial charge in [0.25, 0.3) is 0 Å². The van der Waals surface area contributed by atoms with Crippen molar-refractivity contribution in [3.63, 3.8) is 0 Å². The number of halogens is 1. The van der Waals surface area contributed by atoms with Crippen LogP contribution in [0.15, 0.2) is 18.2 Å². The summed E-state index contributed by atoms with van der Waals surface area (Å²) in [6.45, 7) is 5.57. The molecule has 0 saturated heterocycles. The summed E-state index contributed by atoms with van der Waals surface area (Å²) in [6, 6.07) is 5.34. The van der Waals surface area contributed by atoms with E-state index < -0.39 is 0 Å². The van der Waals surface area contributed by atoms with Crippen molar-refractivity contribution < 1.29 is 4.74 Å². The molecule has 0 aliphatic rings. The van der Waals surface area contributed by atoms with E-state index in [9.17, 15) is 0 Å². The first-order valence-electron chi connectivity index (χ1n) is 5.71. The van der Waals surface area contributed by atoms with Gasteiger partial charge < -0.3 is 10.5 Å². The van der Waals surface area contributed by atoms with Crippen molar-refractivity contribution in [1.29, 1.82) is 5.41 Å². The highest BCUT2D eigenvalue weighted by Gasteiger charge is 2.04. The second kappa shape index (κ2) is 6.62. The van der Waals surface area contributed by atoms with Crippen LogP contribution in [-0.2, 0) is 11.3 Å². The van der Waals surface area contributed by atoms with Gasteiger partial charge in [-0.15, -0.1) is 0 Å². The summed E-state index contributed by atoms with van der Waals surface area (Å²) < 4.78 is 5.54. The van der Waals surface area contributed by atoms with Crippen LogP contribution in [0, 0.1) is 11.3 Å². The highest BCUT2D eigenvalue weighted by molar-refractivity contribution is 6.31. The van der Waals surface area contributed by atoms with Crippen molar-refractivity contribution in [1.82, 2.24) is 0 Å². The minimum absolute atomic E-state index is 0.0270. The summed E-state index contributed by atoms with van der Waals surface area (Å²) in [5, 5.41) is 7.90. The van der Waals surface area contributed by atoms with Crippen LogP contribution in [-0.4, -0.2) is 12.4 Å². The predicted octanol–water partition coefficient (Wildman–Crippen LogP) is 3.19. The van der Waals surface area contributed by atoms with Gasteiger partial charge in [0.05, 0.1) is 6.61 Å². The Labute approximate surface area is 107 Å². The summed E-state index contributed by atoms with van der Waals surface area (Å²) in [5.74, 6) is 0.671. The summed E-state index contributed by atoms with van der Waals surface area (Å²) in [4.78, 5) is 0. The van der Waals surface area contributed by atoms with Crippen LogP contribution in [0.5, 0.6) is 0 Å². The number of ether oxygens (including phenoxy) is 1. The van der Waals surface area contributed by atoms with Gasteiger partial charge in [0.1, 0.15) is 5.84 Å². The van der Waals surface area contributed by atoms with Gasteiger partial charge in [0.2, 0.25) is 0 Å². The number of hydrogen-bond acceptors (Lipinski definition) is 2. The molecule has 0 atom stereocenters. The van der Waals surface area contributed by atoms with E-state index in [0.717, 1.165) is 18.6 Å². The van der Waals surface area contributed by atoms with Gasteiger partial charge in [0.15, 0.2) is 0 Å².